The Labute approximate surface area is 264 Å². The second-order valence-corrected chi connectivity index (χ2v) is 11.5. The van der Waals surface area contributed by atoms with E-state index >= 15 is 0 Å². The predicted molar refractivity (Wildman–Crippen MR) is 175 cm³/mol. The van der Waals surface area contributed by atoms with Crippen LogP contribution >= 0.6 is 0 Å². The van der Waals surface area contributed by atoms with Gasteiger partial charge in [0, 0.05) is 11.1 Å². The first-order valence-electron chi connectivity index (χ1n) is 15.0. The molecule has 0 fully saturated rings. The van der Waals surface area contributed by atoms with Crippen LogP contribution in [0, 0.1) is 0 Å². The minimum absolute atomic E-state index is 0.224. The highest BCUT2D eigenvalue weighted by Crippen LogP contribution is 2.56. The molecule has 0 aromatic heterocycles. The zero-order valence-corrected chi connectivity index (χ0v) is 26.2. The van der Waals surface area contributed by atoms with Crippen molar-refractivity contribution in [3.05, 3.63) is 144 Å². The third-order valence-electron chi connectivity index (χ3n) is 7.81. The molecule has 4 aromatic rings. The van der Waals surface area contributed by atoms with Gasteiger partial charge in [0.2, 0.25) is 0 Å². The SMILES string of the molecule is C=C(C)C(=O)OC(C)COc1ccc(C2(c3ccc(OCC(C)OC(=O)C(=C)C)cc3)c3ccccc3-c3ccccc32)cc1. The van der Waals surface area contributed by atoms with E-state index < -0.39 is 29.6 Å². The van der Waals surface area contributed by atoms with Gasteiger partial charge in [0.25, 0.3) is 0 Å². The fourth-order valence-corrected chi connectivity index (χ4v) is 5.69. The van der Waals surface area contributed by atoms with E-state index in [0.29, 0.717) is 22.6 Å². The van der Waals surface area contributed by atoms with Gasteiger partial charge >= 0.3 is 11.9 Å². The van der Waals surface area contributed by atoms with E-state index in [1.54, 1.807) is 27.7 Å². The van der Waals surface area contributed by atoms with Gasteiger partial charge in [0.05, 0.1) is 5.41 Å². The molecule has 0 heterocycles. The monoisotopic (exact) mass is 602 g/mol. The molecule has 0 saturated carbocycles. The number of hydrogen-bond donors (Lipinski definition) is 0. The van der Waals surface area contributed by atoms with Crippen LogP contribution in [0.15, 0.2) is 121 Å². The van der Waals surface area contributed by atoms with Gasteiger partial charge in [-0.3, -0.25) is 0 Å². The molecule has 0 radical (unpaired) electrons. The standard InChI is InChI=1S/C39H38O6/c1-25(2)37(40)44-27(5)23-42-31-19-15-29(16-20-31)39(35-13-9-7-11-33(35)34-12-8-10-14-36(34)39)30-17-21-32(22-18-30)43-24-28(6)45-38(41)26(3)4/h7-22,27-28H,1,3,23-24H2,2,4-6H3. The van der Waals surface area contributed by atoms with Gasteiger partial charge < -0.3 is 18.9 Å². The van der Waals surface area contributed by atoms with Crippen LogP contribution in [-0.2, 0) is 24.5 Å². The maximum Gasteiger partial charge on any atom is 0.333 e. The van der Waals surface area contributed by atoms with Gasteiger partial charge in [0.1, 0.15) is 36.9 Å². The van der Waals surface area contributed by atoms with Crippen molar-refractivity contribution in [3.8, 4) is 22.6 Å². The second-order valence-electron chi connectivity index (χ2n) is 11.5. The Bertz CT molecular complexity index is 1590. The Balaban J connectivity index is 1.46. The lowest BCUT2D eigenvalue weighted by Gasteiger charge is -2.34. The molecule has 6 nitrogen and oxygen atoms in total. The summed E-state index contributed by atoms with van der Waals surface area (Å²) in [5.41, 5.74) is 7.05. The predicted octanol–water partition coefficient (Wildman–Crippen LogP) is 7.82. The van der Waals surface area contributed by atoms with E-state index in [2.05, 4.69) is 86.0 Å². The third kappa shape index (κ3) is 6.41. The van der Waals surface area contributed by atoms with Crippen LogP contribution in [0.2, 0.25) is 0 Å². The lowest BCUT2D eigenvalue weighted by Crippen LogP contribution is -2.28. The zero-order valence-electron chi connectivity index (χ0n) is 26.2. The molecular weight excluding hydrogens is 564 g/mol. The second kappa shape index (κ2) is 13.3. The molecule has 6 heteroatoms. The number of benzene rings is 4. The summed E-state index contributed by atoms with van der Waals surface area (Å²) in [6.45, 7) is 14.5. The van der Waals surface area contributed by atoms with Crippen LogP contribution < -0.4 is 9.47 Å². The number of rotatable bonds is 12. The van der Waals surface area contributed by atoms with Gasteiger partial charge in [-0.05, 0) is 85.3 Å². The number of fused-ring (bicyclic) bond motifs is 3. The average molecular weight is 603 g/mol. The van der Waals surface area contributed by atoms with E-state index in [1.807, 2.05) is 24.3 Å². The summed E-state index contributed by atoms with van der Waals surface area (Å²) in [5.74, 6) is 0.493. The fourth-order valence-electron chi connectivity index (χ4n) is 5.69. The molecule has 1 aliphatic rings. The molecule has 2 atom stereocenters. The van der Waals surface area contributed by atoms with Crippen LogP contribution in [0.25, 0.3) is 11.1 Å². The molecule has 230 valence electrons. The van der Waals surface area contributed by atoms with E-state index in [-0.39, 0.29) is 13.2 Å². The van der Waals surface area contributed by atoms with Crippen LogP contribution in [0.5, 0.6) is 11.5 Å². The largest absolute Gasteiger partial charge is 0.490 e. The maximum absolute atomic E-state index is 11.9. The first-order chi connectivity index (χ1) is 21.6. The molecule has 0 spiro atoms. The van der Waals surface area contributed by atoms with Crippen molar-refractivity contribution in [2.75, 3.05) is 13.2 Å². The van der Waals surface area contributed by atoms with Crippen molar-refractivity contribution in [2.24, 2.45) is 0 Å². The number of carbonyl (C=O) groups is 2. The molecule has 4 aromatic carbocycles. The number of esters is 2. The number of ether oxygens (including phenoxy) is 4. The lowest BCUT2D eigenvalue weighted by atomic mass is 9.68. The highest BCUT2D eigenvalue weighted by molar-refractivity contribution is 5.88. The van der Waals surface area contributed by atoms with Crippen molar-refractivity contribution in [1.82, 2.24) is 0 Å². The molecule has 5 rings (SSSR count). The Morgan fingerprint density at radius 3 is 1.31 bits per heavy atom. The minimum atomic E-state index is -0.584. The minimum Gasteiger partial charge on any atom is -0.490 e. The van der Waals surface area contributed by atoms with Crippen LogP contribution in [0.1, 0.15) is 49.9 Å². The van der Waals surface area contributed by atoms with Gasteiger partial charge in [-0.15, -0.1) is 0 Å². The molecule has 45 heavy (non-hydrogen) atoms. The number of hydrogen-bond acceptors (Lipinski definition) is 6. The third-order valence-corrected chi connectivity index (χ3v) is 7.81. The summed E-state index contributed by atoms with van der Waals surface area (Å²) < 4.78 is 22.7. The van der Waals surface area contributed by atoms with E-state index in [9.17, 15) is 9.59 Å². The fraction of sp³-hybridized carbons (Fsp3) is 0.231. The quantitative estimate of drug-likeness (QED) is 0.107. The first kappa shape index (κ1) is 31.3. The molecular formula is C39H38O6. The van der Waals surface area contributed by atoms with Crippen molar-refractivity contribution in [1.29, 1.82) is 0 Å². The lowest BCUT2D eigenvalue weighted by molar-refractivity contribution is -0.145. The summed E-state index contributed by atoms with van der Waals surface area (Å²) >= 11 is 0. The van der Waals surface area contributed by atoms with Gasteiger partial charge in [0.15, 0.2) is 0 Å². The molecule has 0 saturated heterocycles. The van der Waals surface area contributed by atoms with E-state index in [0.717, 1.165) is 11.1 Å². The van der Waals surface area contributed by atoms with E-state index in [4.69, 9.17) is 18.9 Å². The summed E-state index contributed by atoms with van der Waals surface area (Å²) in [6, 6.07) is 33.3. The Hall–Kier alpha value is -5.10. The number of carbonyl (C=O) groups excluding carboxylic acids is 2. The van der Waals surface area contributed by atoms with Crippen LogP contribution in [0.3, 0.4) is 0 Å². The molecule has 1 aliphatic carbocycles. The topological polar surface area (TPSA) is 71.1 Å². The van der Waals surface area contributed by atoms with E-state index in [1.165, 1.54) is 22.3 Å². The highest BCUT2D eigenvalue weighted by atomic mass is 16.6. The van der Waals surface area contributed by atoms with Gasteiger partial charge in [-0.1, -0.05) is 86.0 Å². The summed E-state index contributed by atoms with van der Waals surface area (Å²) in [4.78, 5) is 23.7. The molecule has 0 aliphatic heterocycles. The molecule has 0 amide bonds. The zero-order chi connectivity index (χ0) is 32.1. The Morgan fingerprint density at radius 1 is 0.600 bits per heavy atom. The summed E-state index contributed by atoms with van der Waals surface area (Å²) in [5, 5.41) is 0. The normalized spacial score (nSPS) is 13.9. The average Bonchev–Trinajstić information content (AvgIpc) is 3.34. The van der Waals surface area contributed by atoms with Crippen LogP contribution in [-0.4, -0.2) is 37.4 Å². The summed E-state index contributed by atoms with van der Waals surface area (Å²) in [6.07, 6.45) is -0.841. The van der Waals surface area contributed by atoms with Crippen molar-refractivity contribution >= 4 is 11.9 Å². The maximum atomic E-state index is 11.9. The van der Waals surface area contributed by atoms with Gasteiger partial charge in [-0.25, -0.2) is 9.59 Å². The Kier molecular flexibility index (Phi) is 9.24. The molecule has 2 unspecified atom stereocenters. The Morgan fingerprint density at radius 2 is 0.956 bits per heavy atom. The van der Waals surface area contributed by atoms with Crippen molar-refractivity contribution in [2.45, 2.75) is 45.3 Å². The molecule has 0 bridgehead atoms. The van der Waals surface area contributed by atoms with Crippen LogP contribution in [0.4, 0.5) is 0 Å². The van der Waals surface area contributed by atoms with Crippen molar-refractivity contribution in [3.63, 3.8) is 0 Å². The first-order valence-corrected chi connectivity index (χ1v) is 15.0. The highest BCUT2D eigenvalue weighted by Gasteiger charge is 2.45. The van der Waals surface area contributed by atoms with Crippen molar-refractivity contribution < 1.29 is 28.5 Å². The smallest absolute Gasteiger partial charge is 0.333 e. The molecule has 0 N–H and O–H groups in total. The van der Waals surface area contributed by atoms with Gasteiger partial charge in [-0.2, -0.15) is 0 Å². The summed E-state index contributed by atoms with van der Waals surface area (Å²) in [7, 11) is 0.